The molecule has 1 atom stereocenters. The van der Waals surface area contributed by atoms with Gasteiger partial charge in [0.1, 0.15) is 5.82 Å². The highest BCUT2D eigenvalue weighted by Gasteiger charge is 2.20. The number of benzene rings is 1. The first-order chi connectivity index (χ1) is 7.47. The summed E-state index contributed by atoms with van der Waals surface area (Å²) in [4.78, 5) is 0. The predicted octanol–water partition coefficient (Wildman–Crippen LogP) is 2.94. The minimum Gasteiger partial charge on any atom is -0.494 e. The molecule has 0 fully saturated rings. The highest BCUT2D eigenvalue weighted by molar-refractivity contribution is 5.34. The molecule has 0 spiro atoms. The Labute approximate surface area is 93.7 Å². The van der Waals surface area contributed by atoms with Gasteiger partial charge in [0.05, 0.1) is 7.11 Å². The van der Waals surface area contributed by atoms with Crippen molar-refractivity contribution in [3.63, 3.8) is 0 Å². The molecule has 88 valence electrons. The average Bonchev–Trinajstić information content (AvgIpc) is 2.16. The molecule has 2 nitrogen and oxygen atoms in total. The Morgan fingerprint density at radius 2 is 2.12 bits per heavy atom. The van der Waals surface area contributed by atoms with Crippen LogP contribution in [0.15, 0.2) is 24.3 Å². The van der Waals surface area contributed by atoms with Crippen LogP contribution in [0.2, 0.25) is 0 Å². The van der Waals surface area contributed by atoms with Crippen LogP contribution in [0.4, 0.5) is 8.78 Å². The number of hydrogen-bond acceptors (Lipinski definition) is 2. The summed E-state index contributed by atoms with van der Waals surface area (Å²) in [5.74, 6) is -1.41. The summed E-state index contributed by atoms with van der Waals surface area (Å²) in [7, 11) is 1.32. The zero-order chi connectivity index (χ0) is 12.3. The number of methoxy groups -OCH3 is 1. The number of halogens is 2. The fourth-order valence-electron chi connectivity index (χ4n) is 1.52. The summed E-state index contributed by atoms with van der Waals surface area (Å²) >= 11 is 0. The lowest BCUT2D eigenvalue weighted by Gasteiger charge is -2.15. The third kappa shape index (κ3) is 2.58. The second-order valence-corrected chi connectivity index (χ2v) is 3.75. The first-order valence-electron chi connectivity index (χ1n) is 4.89. The molecule has 0 aliphatic heterocycles. The van der Waals surface area contributed by atoms with Gasteiger partial charge in [-0.2, -0.15) is 0 Å². The second-order valence-electron chi connectivity index (χ2n) is 3.75. The van der Waals surface area contributed by atoms with Crippen molar-refractivity contribution in [2.24, 2.45) is 5.73 Å². The van der Waals surface area contributed by atoms with Crippen molar-refractivity contribution in [1.29, 1.82) is 0 Å². The van der Waals surface area contributed by atoms with Crippen molar-refractivity contribution in [2.75, 3.05) is 7.11 Å². The quantitative estimate of drug-likeness (QED) is 0.802. The van der Waals surface area contributed by atoms with E-state index in [4.69, 9.17) is 10.5 Å². The molecule has 4 heteroatoms. The van der Waals surface area contributed by atoms with Gasteiger partial charge in [-0.05, 0) is 25.5 Å². The van der Waals surface area contributed by atoms with Crippen LogP contribution in [-0.2, 0) is 0 Å². The monoisotopic (exact) mass is 227 g/mol. The Morgan fingerprint density at radius 1 is 1.50 bits per heavy atom. The van der Waals surface area contributed by atoms with Gasteiger partial charge < -0.3 is 10.5 Å². The summed E-state index contributed by atoms with van der Waals surface area (Å²) in [5.41, 5.74) is 6.35. The molecular weight excluding hydrogens is 212 g/mol. The van der Waals surface area contributed by atoms with Gasteiger partial charge in [-0.1, -0.05) is 5.57 Å². The molecule has 0 saturated heterocycles. The van der Waals surface area contributed by atoms with Crippen LogP contribution >= 0.6 is 0 Å². The number of rotatable bonds is 4. The number of nitrogens with two attached hydrogens (primary N) is 1. The average molecular weight is 227 g/mol. The maximum Gasteiger partial charge on any atom is 0.172 e. The molecule has 1 aromatic rings. The molecule has 2 N–H and O–H groups in total. The summed E-state index contributed by atoms with van der Waals surface area (Å²) < 4.78 is 32.0. The van der Waals surface area contributed by atoms with E-state index in [1.165, 1.54) is 13.2 Å². The first kappa shape index (κ1) is 12.6. The van der Waals surface area contributed by atoms with Crippen LogP contribution < -0.4 is 10.5 Å². The molecule has 0 amide bonds. The van der Waals surface area contributed by atoms with Crippen LogP contribution in [0.5, 0.6) is 5.75 Å². The van der Waals surface area contributed by atoms with Crippen molar-refractivity contribution in [1.82, 2.24) is 0 Å². The molecule has 0 aliphatic rings. The Bertz CT molecular complexity index is 404. The lowest BCUT2D eigenvalue weighted by molar-refractivity contribution is 0.377. The van der Waals surface area contributed by atoms with E-state index in [0.717, 1.165) is 11.6 Å². The third-order valence-electron chi connectivity index (χ3n) is 2.25. The topological polar surface area (TPSA) is 35.2 Å². The Balaban J connectivity index is 3.15. The minimum atomic E-state index is -0.743. The molecule has 0 bridgehead atoms. The van der Waals surface area contributed by atoms with Crippen molar-refractivity contribution in [3.8, 4) is 5.75 Å². The van der Waals surface area contributed by atoms with Gasteiger partial charge in [0.15, 0.2) is 11.6 Å². The van der Waals surface area contributed by atoms with E-state index in [2.05, 4.69) is 6.58 Å². The highest BCUT2D eigenvalue weighted by Crippen LogP contribution is 2.29. The van der Waals surface area contributed by atoms with E-state index in [1.54, 1.807) is 6.92 Å². The third-order valence-corrected chi connectivity index (χ3v) is 2.25. The van der Waals surface area contributed by atoms with Crippen molar-refractivity contribution >= 4 is 0 Å². The van der Waals surface area contributed by atoms with Gasteiger partial charge in [0, 0.05) is 11.6 Å². The fraction of sp³-hybridized carbons (Fsp3) is 0.333. The Hall–Kier alpha value is -1.42. The molecule has 1 rings (SSSR count). The van der Waals surface area contributed by atoms with Crippen LogP contribution in [0.25, 0.3) is 0 Å². The maximum atomic E-state index is 13.8. The zero-order valence-corrected chi connectivity index (χ0v) is 9.39. The lowest BCUT2D eigenvalue weighted by atomic mass is 10.00. The number of hydrogen-bond donors (Lipinski definition) is 1. The van der Waals surface area contributed by atoms with Crippen molar-refractivity contribution < 1.29 is 13.5 Å². The van der Waals surface area contributed by atoms with Crippen molar-refractivity contribution in [3.05, 3.63) is 41.5 Å². The SMILES string of the molecule is C=C(C)C[C@H](N)c1c(F)ccc(OC)c1F. The molecule has 0 radical (unpaired) electrons. The molecule has 1 aromatic carbocycles. The molecule has 0 aliphatic carbocycles. The normalized spacial score (nSPS) is 12.3. The Morgan fingerprint density at radius 3 is 2.62 bits per heavy atom. The summed E-state index contributed by atoms with van der Waals surface area (Å²) in [6, 6.07) is 1.64. The molecule has 16 heavy (non-hydrogen) atoms. The van der Waals surface area contributed by atoms with E-state index >= 15 is 0 Å². The summed E-state index contributed by atoms with van der Waals surface area (Å²) in [5, 5.41) is 0. The van der Waals surface area contributed by atoms with Gasteiger partial charge in [-0.15, -0.1) is 6.58 Å². The minimum absolute atomic E-state index is 0.00596. The summed E-state index contributed by atoms with van der Waals surface area (Å²) in [6.45, 7) is 5.43. The molecule has 0 unspecified atom stereocenters. The molecule has 0 aromatic heterocycles. The van der Waals surface area contributed by atoms with E-state index in [0.29, 0.717) is 6.42 Å². The van der Waals surface area contributed by atoms with E-state index < -0.39 is 17.7 Å². The van der Waals surface area contributed by atoms with E-state index in [-0.39, 0.29) is 11.3 Å². The van der Waals surface area contributed by atoms with Crippen LogP contribution in [-0.4, -0.2) is 7.11 Å². The van der Waals surface area contributed by atoms with Gasteiger partial charge in [0.2, 0.25) is 0 Å². The smallest absolute Gasteiger partial charge is 0.172 e. The zero-order valence-electron chi connectivity index (χ0n) is 9.39. The van der Waals surface area contributed by atoms with Crippen LogP contribution in [0.1, 0.15) is 24.9 Å². The molecule has 0 heterocycles. The number of ether oxygens (including phenoxy) is 1. The molecule has 0 saturated carbocycles. The summed E-state index contributed by atoms with van der Waals surface area (Å²) in [6.07, 6.45) is 0.334. The predicted molar refractivity (Wildman–Crippen MR) is 59.3 cm³/mol. The maximum absolute atomic E-state index is 13.8. The Kier molecular flexibility index (Phi) is 4.01. The standard InChI is InChI=1S/C12H15F2NO/c1-7(2)6-9(15)11-8(13)4-5-10(16-3)12(11)14/h4-5,9H,1,6,15H2,2-3H3/t9-/m0/s1. The largest absolute Gasteiger partial charge is 0.494 e. The first-order valence-corrected chi connectivity index (χ1v) is 4.89. The second kappa shape index (κ2) is 5.07. The lowest BCUT2D eigenvalue weighted by Crippen LogP contribution is -2.15. The van der Waals surface area contributed by atoms with Crippen molar-refractivity contribution in [2.45, 2.75) is 19.4 Å². The fourth-order valence-corrected chi connectivity index (χ4v) is 1.52. The van der Waals surface area contributed by atoms with Gasteiger partial charge in [0.25, 0.3) is 0 Å². The molecular formula is C12H15F2NO. The van der Waals surface area contributed by atoms with E-state index in [1.807, 2.05) is 0 Å². The highest BCUT2D eigenvalue weighted by atomic mass is 19.1. The van der Waals surface area contributed by atoms with Gasteiger partial charge in [-0.3, -0.25) is 0 Å². The van der Waals surface area contributed by atoms with Gasteiger partial charge in [-0.25, -0.2) is 8.78 Å². The van der Waals surface area contributed by atoms with Crippen LogP contribution in [0.3, 0.4) is 0 Å². The van der Waals surface area contributed by atoms with E-state index in [9.17, 15) is 8.78 Å². The van der Waals surface area contributed by atoms with Crippen LogP contribution in [0, 0.1) is 11.6 Å². The van der Waals surface area contributed by atoms with Gasteiger partial charge >= 0.3 is 0 Å².